The summed E-state index contributed by atoms with van der Waals surface area (Å²) in [6, 6.07) is 16.9. The highest BCUT2D eigenvalue weighted by Crippen LogP contribution is 2.30. The van der Waals surface area contributed by atoms with Gasteiger partial charge in [0.25, 0.3) is 0 Å². The Bertz CT molecular complexity index is 854. The Morgan fingerprint density at radius 1 is 1.14 bits per heavy atom. The van der Waals surface area contributed by atoms with Crippen LogP contribution in [0.4, 0.5) is 0 Å². The van der Waals surface area contributed by atoms with Crippen molar-refractivity contribution in [3.8, 4) is 0 Å². The third kappa shape index (κ3) is 2.36. The Labute approximate surface area is 143 Å². The van der Waals surface area contributed by atoms with Crippen LogP contribution in [0, 0.1) is 0 Å². The van der Waals surface area contributed by atoms with Gasteiger partial charge in [-0.15, -0.1) is 0 Å². The Morgan fingerprint density at radius 2 is 1.95 bits per heavy atom. The van der Waals surface area contributed by atoms with Crippen molar-refractivity contribution in [2.45, 2.75) is 13.0 Å². The molecule has 1 N–H and O–H groups in total. The minimum absolute atomic E-state index is 0.873. The monoisotopic (exact) mass is 370 g/mol. The fraction of sp³-hybridized carbons (Fsp3) is 0.167. The smallest absolute Gasteiger partial charge is 0.126 e. The Kier molecular flexibility index (Phi) is 3.51. The molecule has 0 bridgehead atoms. The highest BCUT2D eigenvalue weighted by Gasteiger charge is 2.24. The molecule has 1 aromatic heterocycles. The number of thiocarbonyl (C=S) groups is 1. The molecule has 110 valence electrons. The number of benzene rings is 2. The van der Waals surface area contributed by atoms with Gasteiger partial charge in [-0.3, -0.25) is 0 Å². The van der Waals surface area contributed by atoms with Gasteiger partial charge in [-0.25, -0.2) is 0 Å². The van der Waals surface area contributed by atoms with Crippen LogP contribution in [0.1, 0.15) is 16.8 Å². The lowest BCUT2D eigenvalue weighted by Crippen LogP contribution is -2.36. The van der Waals surface area contributed by atoms with Crippen molar-refractivity contribution in [2.75, 3.05) is 6.54 Å². The first-order valence-corrected chi connectivity index (χ1v) is 8.56. The summed E-state index contributed by atoms with van der Waals surface area (Å²) in [5.74, 6) is 0. The molecule has 3 aromatic rings. The highest BCUT2D eigenvalue weighted by atomic mass is 79.9. The van der Waals surface area contributed by atoms with Crippen LogP contribution in [0.2, 0.25) is 0 Å². The molecule has 2 nitrogen and oxygen atoms in total. The molecule has 2 heterocycles. The first kappa shape index (κ1) is 14.0. The average Bonchev–Trinajstić information content (AvgIpc) is 2.90. The predicted octanol–water partition coefficient (Wildman–Crippen LogP) is 4.66. The second kappa shape index (κ2) is 5.52. The Balaban J connectivity index is 1.70. The van der Waals surface area contributed by atoms with Crippen molar-refractivity contribution in [1.29, 1.82) is 0 Å². The van der Waals surface area contributed by atoms with Crippen LogP contribution >= 0.6 is 28.1 Å². The minimum atomic E-state index is 0.873. The van der Waals surface area contributed by atoms with Crippen molar-refractivity contribution < 1.29 is 0 Å². The molecule has 4 heteroatoms. The minimum Gasteiger partial charge on any atom is -0.356 e. The average molecular weight is 371 g/mol. The van der Waals surface area contributed by atoms with E-state index in [9.17, 15) is 0 Å². The van der Waals surface area contributed by atoms with Gasteiger partial charge in [0, 0.05) is 28.5 Å². The summed E-state index contributed by atoms with van der Waals surface area (Å²) in [5.41, 5.74) is 4.93. The van der Waals surface area contributed by atoms with Gasteiger partial charge in [0.1, 0.15) is 4.99 Å². The van der Waals surface area contributed by atoms with E-state index in [-0.39, 0.29) is 0 Å². The molecule has 0 saturated carbocycles. The highest BCUT2D eigenvalue weighted by molar-refractivity contribution is 9.10. The van der Waals surface area contributed by atoms with E-state index in [1.807, 2.05) is 6.07 Å². The number of hydrogen-bond acceptors (Lipinski definition) is 1. The van der Waals surface area contributed by atoms with Gasteiger partial charge in [-0.1, -0.05) is 58.5 Å². The second-order valence-corrected chi connectivity index (χ2v) is 6.93. The summed E-state index contributed by atoms with van der Waals surface area (Å²) in [6.45, 7) is 1.85. The maximum atomic E-state index is 5.74. The van der Waals surface area contributed by atoms with Crippen LogP contribution in [-0.2, 0) is 13.0 Å². The molecule has 0 atom stereocenters. The van der Waals surface area contributed by atoms with Gasteiger partial charge >= 0.3 is 0 Å². The number of fused-ring (bicyclic) bond motifs is 3. The zero-order chi connectivity index (χ0) is 15.1. The van der Waals surface area contributed by atoms with Gasteiger partial charge in [0.05, 0.1) is 5.69 Å². The molecule has 0 aliphatic carbocycles. The van der Waals surface area contributed by atoms with Gasteiger partial charge in [0.2, 0.25) is 0 Å². The van der Waals surface area contributed by atoms with E-state index < -0.39 is 0 Å². The predicted molar refractivity (Wildman–Crippen MR) is 98.3 cm³/mol. The van der Waals surface area contributed by atoms with Crippen LogP contribution < -0.4 is 0 Å². The number of nitrogens with zero attached hydrogens (tertiary/aromatic N) is 1. The molecular weight excluding hydrogens is 356 g/mol. The number of hydrogen-bond donors (Lipinski definition) is 1. The Morgan fingerprint density at radius 3 is 2.77 bits per heavy atom. The lowest BCUT2D eigenvalue weighted by Gasteiger charge is -2.29. The van der Waals surface area contributed by atoms with Crippen molar-refractivity contribution in [2.24, 2.45) is 0 Å². The van der Waals surface area contributed by atoms with E-state index in [0.717, 1.165) is 40.2 Å². The van der Waals surface area contributed by atoms with Gasteiger partial charge in [-0.2, -0.15) is 0 Å². The molecular formula is C18H15BrN2S. The van der Waals surface area contributed by atoms with E-state index in [0.29, 0.717) is 0 Å². The maximum absolute atomic E-state index is 5.74. The fourth-order valence-corrected chi connectivity index (χ4v) is 3.81. The van der Waals surface area contributed by atoms with Crippen molar-refractivity contribution in [3.05, 3.63) is 69.8 Å². The largest absolute Gasteiger partial charge is 0.356 e. The number of nitrogens with one attached hydrogen (secondary N) is 1. The number of aromatic nitrogens is 1. The number of H-pyrrole nitrogens is 1. The molecule has 0 unspecified atom stereocenters. The van der Waals surface area contributed by atoms with Crippen LogP contribution in [0.5, 0.6) is 0 Å². The maximum Gasteiger partial charge on any atom is 0.126 e. The summed E-state index contributed by atoms with van der Waals surface area (Å²) in [6.07, 6.45) is 1.03. The molecule has 22 heavy (non-hydrogen) atoms. The van der Waals surface area contributed by atoms with Crippen LogP contribution in [0.3, 0.4) is 0 Å². The molecule has 0 fully saturated rings. The molecule has 0 radical (unpaired) electrons. The third-order valence-corrected chi connectivity index (χ3v) is 5.17. The normalized spacial score (nSPS) is 14.4. The summed E-state index contributed by atoms with van der Waals surface area (Å²) in [5, 5.41) is 1.28. The quantitative estimate of drug-likeness (QED) is 0.661. The number of aromatic amines is 1. The zero-order valence-electron chi connectivity index (χ0n) is 12.0. The molecule has 1 aliphatic heterocycles. The van der Waals surface area contributed by atoms with Crippen LogP contribution in [0.25, 0.3) is 10.9 Å². The van der Waals surface area contributed by atoms with E-state index in [1.165, 1.54) is 16.5 Å². The van der Waals surface area contributed by atoms with Crippen molar-refractivity contribution in [1.82, 2.24) is 9.88 Å². The number of rotatable bonds is 2. The molecule has 2 aromatic carbocycles. The lowest BCUT2D eigenvalue weighted by molar-refractivity contribution is 0.415. The fourth-order valence-electron chi connectivity index (χ4n) is 3.12. The Hall–Kier alpha value is -1.65. The van der Waals surface area contributed by atoms with E-state index >= 15 is 0 Å². The lowest BCUT2D eigenvalue weighted by atomic mass is 10.0. The first-order chi connectivity index (χ1) is 10.7. The third-order valence-electron chi connectivity index (χ3n) is 4.22. The molecule has 0 saturated heterocycles. The van der Waals surface area contributed by atoms with Crippen molar-refractivity contribution in [3.63, 3.8) is 0 Å². The SMILES string of the molecule is S=C1c2[nH]c3ccc(Br)cc3c2CCN1Cc1ccccc1. The zero-order valence-corrected chi connectivity index (χ0v) is 14.4. The molecule has 0 amide bonds. The summed E-state index contributed by atoms with van der Waals surface area (Å²) >= 11 is 9.30. The molecule has 0 spiro atoms. The molecule has 1 aliphatic rings. The van der Waals surface area contributed by atoms with E-state index in [2.05, 4.69) is 68.3 Å². The summed E-state index contributed by atoms with van der Waals surface area (Å²) < 4.78 is 1.11. The van der Waals surface area contributed by atoms with Gasteiger partial charge in [0.15, 0.2) is 0 Å². The van der Waals surface area contributed by atoms with Crippen LogP contribution in [-0.4, -0.2) is 21.4 Å². The summed E-state index contributed by atoms with van der Waals surface area (Å²) in [7, 11) is 0. The number of halogens is 1. The van der Waals surface area contributed by atoms with Gasteiger partial charge < -0.3 is 9.88 Å². The van der Waals surface area contributed by atoms with E-state index in [4.69, 9.17) is 12.2 Å². The van der Waals surface area contributed by atoms with E-state index in [1.54, 1.807) is 0 Å². The molecule has 4 rings (SSSR count). The first-order valence-electron chi connectivity index (χ1n) is 7.35. The summed E-state index contributed by atoms with van der Waals surface area (Å²) in [4.78, 5) is 6.72. The topological polar surface area (TPSA) is 19.0 Å². The second-order valence-electron chi connectivity index (χ2n) is 5.63. The van der Waals surface area contributed by atoms with Crippen molar-refractivity contribution >= 4 is 44.0 Å². The van der Waals surface area contributed by atoms with Crippen LogP contribution in [0.15, 0.2) is 53.0 Å². The standard InChI is InChI=1S/C18H15BrN2S/c19-13-6-7-16-15(10-13)14-8-9-21(18(22)17(14)20-16)11-12-4-2-1-3-5-12/h1-7,10,20H,8-9,11H2. The van der Waals surface area contributed by atoms with Gasteiger partial charge in [-0.05, 0) is 35.7 Å².